The first kappa shape index (κ1) is 15.9. The van der Waals surface area contributed by atoms with Crippen molar-refractivity contribution in [1.82, 2.24) is 9.21 Å². The van der Waals surface area contributed by atoms with Gasteiger partial charge in [-0.25, -0.2) is 8.42 Å². The van der Waals surface area contributed by atoms with Crippen molar-refractivity contribution in [2.75, 3.05) is 33.4 Å². The number of benzene rings is 1. The SMILES string of the molecule is CN(C)C(=O)CN(C)S(=O)(=O)c1ccc(C#N)cc1N. The molecule has 0 spiro atoms. The number of nitriles is 1. The summed E-state index contributed by atoms with van der Waals surface area (Å²) in [7, 11) is 0.509. The van der Waals surface area contributed by atoms with Crippen LogP contribution < -0.4 is 5.73 Å². The summed E-state index contributed by atoms with van der Waals surface area (Å²) in [6.07, 6.45) is 0. The lowest BCUT2D eigenvalue weighted by Gasteiger charge is -2.19. The Bertz CT molecular complexity index is 662. The largest absolute Gasteiger partial charge is 0.398 e. The van der Waals surface area contributed by atoms with E-state index in [-0.39, 0.29) is 28.6 Å². The van der Waals surface area contributed by atoms with Crippen LogP contribution >= 0.6 is 0 Å². The minimum Gasteiger partial charge on any atom is -0.398 e. The van der Waals surface area contributed by atoms with Gasteiger partial charge in [0.2, 0.25) is 15.9 Å². The third-order valence-corrected chi connectivity index (χ3v) is 4.56. The highest BCUT2D eigenvalue weighted by atomic mass is 32.2. The molecule has 1 amide bonds. The summed E-state index contributed by atoms with van der Waals surface area (Å²) < 4.78 is 25.5. The minimum atomic E-state index is -3.87. The molecular weight excluding hydrogens is 280 g/mol. The third kappa shape index (κ3) is 3.26. The van der Waals surface area contributed by atoms with E-state index < -0.39 is 10.0 Å². The van der Waals surface area contributed by atoms with Crippen LogP contribution in [0.3, 0.4) is 0 Å². The number of rotatable bonds is 4. The highest BCUT2D eigenvalue weighted by Crippen LogP contribution is 2.22. The van der Waals surface area contributed by atoms with E-state index in [9.17, 15) is 13.2 Å². The van der Waals surface area contributed by atoms with Gasteiger partial charge in [-0.3, -0.25) is 4.79 Å². The van der Waals surface area contributed by atoms with E-state index in [1.807, 2.05) is 6.07 Å². The van der Waals surface area contributed by atoms with Crippen LogP contribution in [0.4, 0.5) is 5.69 Å². The molecule has 0 fully saturated rings. The van der Waals surface area contributed by atoms with Crippen LogP contribution in [0.1, 0.15) is 5.56 Å². The summed E-state index contributed by atoms with van der Waals surface area (Å²) in [5.74, 6) is -0.344. The van der Waals surface area contributed by atoms with Gasteiger partial charge in [0.1, 0.15) is 4.90 Å². The van der Waals surface area contributed by atoms with Gasteiger partial charge in [-0.15, -0.1) is 0 Å². The Labute approximate surface area is 118 Å². The summed E-state index contributed by atoms with van der Waals surface area (Å²) in [6.45, 7) is -0.283. The number of nitrogens with two attached hydrogens (primary N) is 1. The van der Waals surface area contributed by atoms with Crippen molar-refractivity contribution in [3.8, 4) is 6.07 Å². The van der Waals surface area contributed by atoms with E-state index >= 15 is 0 Å². The number of likely N-dealkylation sites (N-methyl/N-ethyl adjacent to an activating group) is 2. The van der Waals surface area contributed by atoms with Gasteiger partial charge >= 0.3 is 0 Å². The summed E-state index contributed by atoms with van der Waals surface area (Å²) in [5, 5.41) is 8.73. The maximum absolute atomic E-state index is 12.3. The second-order valence-electron chi connectivity index (χ2n) is 4.41. The molecule has 0 radical (unpaired) electrons. The van der Waals surface area contributed by atoms with Crippen molar-refractivity contribution < 1.29 is 13.2 Å². The molecule has 0 heterocycles. The highest BCUT2D eigenvalue weighted by Gasteiger charge is 2.25. The van der Waals surface area contributed by atoms with Crippen molar-refractivity contribution in [2.24, 2.45) is 0 Å². The Morgan fingerprint density at radius 3 is 2.40 bits per heavy atom. The predicted molar refractivity (Wildman–Crippen MR) is 74.1 cm³/mol. The summed E-state index contributed by atoms with van der Waals surface area (Å²) in [6, 6.07) is 5.79. The van der Waals surface area contributed by atoms with Gasteiger partial charge in [-0.2, -0.15) is 9.57 Å². The number of hydrogen-bond acceptors (Lipinski definition) is 5. The van der Waals surface area contributed by atoms with Gasteiger partial charge in [0.25, 0.3) is 0 Å². The summed E-state index contributed by atoms with van der Waals surface area (Å²) >= 11 is 0. The van der Waals surface area contributed by atoms with Crippen molar-refractivity contribution in [3.05, 3.63) is 23.8 Å². The van der Waals surface area contributed by atoms with Crippen LogP contribution in [0, 0.1) is 11.3 Å². The van der Waals surface area contributed by atoms with E-state index in [4.69, 9.17) is 11.0 Å². The number of carbonyl (C=O) groups excluding carboxylic acids is 1. The molecule has 2 N–H and O–H groups in total. The summed E-state index contributed by atoms with van der Waals surface area (Å²) in [4.78, 5) is 12.7. The van der Waals surface area contributed by atoms with Crippen LogP contribution in [0.5, 0.6) is 0 Å². The van der Waals surface area contributed by atoms with E-state index in [1.54, 1.807) is 14.1 Å². The van der Waals surface area contributed by atoms with Crippen LogP contribution in [0.25, 0.3) is 0 Å². The Hall–Kier alpha value is -2.11. The van der Waals surface area contributed by atoms with Crippen molar-refractivity contribution in [3.63, 3.8) is 0 Å². The lowest BCUT2D eigenvalue weighted by Crippen LogP contribution is -2.37. The van der Waals surface area contributed by atoms with Crippen LogP contribution in [-0.4, -0.2) is 51.2 Å². The zero-order valence-electron chi connectivity index (χ0n) is 11.5. The molecule has 1 rings (SSSR count). The van der Waals surface area contributed by atoms with Crippen molar-refractivity contribution in [2.45, 2.75) is 4.90 Å². The number of hydrogen-bond donors (Lipinski definition) is 1. The number of anilines is 1. The zero-order valence-corrected chi connectivity index (χ0v) is 12.3. The standard InChI is InChI=1S/C12H16N4O3S/c1-15(2)12(17)8-16(3)20(18,19)11-5-4-9(7-13)6-10(11)14/h4-6H,8,14H2,1-3H3. The maximum Gasteiger partial charge on any atom is 0.245 e. The fourth-order valence-corrected chi connectivity index (χ4v) is 2.65. The average molecular weight is 296 g/mol. The molecule has 0 saturated heterocycles. The smallest absolute Gasteiger partial charge is 0.245 e. The monoisotopic (exact) mass is 296 g/mol. The first-order valence-corrected chi connectivity index (χ1v) is 7.10. The molecule has 8 heteroatoms. The lowest BCUT2D eigenvalue weighted by molar-refractivity contribution is -0.128. The van der Waals surface area contributed by atoms with Crippen LogP contribution in [0.15, 0.2) is 23.1 Å². The minimum absolute atomic E-state index is 0.0202. The molecule has 1 aromatic carbocycles. The fraction of sp³-hybridized carbons (Fsp3) is 0.333. The lowest BCUT2D eigenvalue weighted by atomic mass is 10.2. The number of sulfonamides is 1. The van der Waals surface area contributed by atoms with Crippen molar-refractivity contribution >= 4 is 21.6 Å². The quantitative estimate of drug-likeness (QED) is 0.777. The molecule has 1 aromatic rings. The fourth-order valence-electron chi connectivity index (χ4n) is 1.44. The van der Waals surface area contributed by atoms with Crippen molar-refractivity contribution in [1.29, 1.82) is 5.26 Å². The van der Waals surface area contributed by atoms with E-state index in [1.165, 1.54) is 30.1 Å². The Kier molecular flexibility index (Phi) is 4.70. The van der Waals surface area contributed by atoms with E-state index in [0.717, 1.165) is 4.31 Å². The number of nitrogens with zero attached hydrogens (tertiary/aromatic N) is 3. The highest BCUT2D eigenvalue weighted by molar-refractivity contribution is 7.89. The number of carbonyl (C=O) groups is 1. The number of nitrogen functional groups attached to an aromatic ring is 1. The van der Waals surface area contributed by atoms with Crippen LogP contribution in [-0.2, 0) is 14.8 Å². The Morgan fingerprint density at radius 2 is 1.95 bits per heavy atom. The molecule has 7 nitrogen and oxygen atoms in total. The van der Waals surface area contributed by atoms with Gasteiger partial charge in [0.15, 0.2) is 0 Å². The summed E-state index contributed by atoms with van der Waals surface area (Å²) in [5.41, 5.74) is 5.91. The molecule has 0 aliphatic rings. The molecule has 0 unspecified atom stereocenters. The first-order chi connectivity index (χ1) is 9.20. The molecule has 20 heavy (non-hydrogen) atoms. The topological polar surface area (TPSA) is 108 Å². The third-order valence-electron chi connectivity index (χ3n) is 2.68. The molecule has 0 saturated carbocycles. The average Bonchev–Trinajstić information content (AvgIpc) is 2.37. The molecule has 0 aromatic heterocycles. The number of amides is 1. The molecule has 0 atom stereocenters. The van der Waals surface area contributed by atoms with Gasteiger partial charge in [0.05, 0.1) is 23.9 Å². The van der Waals surface area contributed by atoms with E-state index in [2.05, 4.69) is 0 Å². The van der Waals surface area contributed by atoms with Gasteiger partial charge < -0.3 is 10.6 Å². The second-order valence-corrected chi connectivity index (χ2v) is 6.43. The zero-order chi connectivity index (χ0) is 15.5. The molecule has 108 valence electrons. The predicted octanol–water partition coefficient (Wildman–Crippen LogP) is -0.151. The molecule has 0 aliphatic carbocycles. The normalized spacial score (nSPS) is 11.2. The molecule has 0 aliphatic heterocycles. The second kappa shape index (κ2) is 5.90. The Balaban J connectivity index is 3.11. The van der Waals surface area contributed by atoms with Crippen LogP contribution in [0.2, 0.25) is 0 Å². The molecule has 0 bridgehead atoms. The Morgan fingerprint density at radius 1 is 1.35 bits per heavy atom. The van der Waals surface area contributed by atoms with Gasteiger partial charge in [-0.05, 0) is 18.2 Å². The molecular formula is C12H16N4O3S. The van der Waals surface area contributed by atoms with Gasteiger partial charge in [-0.1, -0.05) is 0 Å². The maximum atomic E-state index is 12.3. The van der Waals surface area contributed by atoms with E-state index in [0.29, 0.717) is 0 Å². The first-order valence-electron chi connectivity index (χ1n) is 5.66. The van der Waals surface area contributed by atoms with Gasteiger partial charge in [0, 0.05) is 21.1 Å².